The van der Waals surface area contributed by atoms with Crippen molar-refractivity contribution in [1.29, 1.82) is 0 Å². The Morgan fingerprint density at radius 3 is 2.95 bits per heavy atom. The third kappa shape index (κ3) is 4.64. The van der Waals surface area contributed by atoms with E-state index in [9.17, 15) is 4.79 Å². The molecule has 2 N–H and O–H groups in total. The first-order chi connectivity index (χ1) is 9.69. The minimum absolute atomic E-state index is 0.0262. The molecule has 0 bridgehead atoms. The van der Waals surface area contributed by atoms with E-state index in [1.165, 1.54) is 15.5 Å². The molecule has 0 radical (unpaired) electrons. The van der Waals surface area contributed by atoms with Crippen molar-refractivity contribution in [3.8, 4) is 0 Å². The monoisotopic (exact) mass is 315 g/mol. The zero-order valence-electron chi connectivity index (χ0n) is 11.7. The lowest BCUT2D eigenvalue weighted by molar-refractivity contribution is -0.149. The van der Waals surface area contributed by atoms with Gasteiger partial charge in [0.1, 0.15) is 0 Å². The van der Waals surface area contributed by atoms with Crippen LogP contribution in [-0.4, -0.2) is 47.8 Å². The molecule has 1 aromatic heterocycles. The van der Waals surface area contributed by atoms with Crippen LogP contribution in [0.2, 0.25) is 0 Å². The van der Waals surface area contributed by atoms with Gasteiger partial charge in [0.15, 0.2) is 5.13 Å². The van der Waals surface area contributed by atoms with Crippen LogP contribution >= 0.6 is 23.1 Å². The van der Waals surface area contributed by atoms with Crippen molar-refractivity contribution in [2.24, 2.45) is 5.92 Å². The number of thioether (sulfide) groups is 1. The van der Waals surface area contributed by atoms with Crippen LogP contribution in [0.15, 0.2) is 10.4 Å². The van der Waals surface area contributed by atoms with Gasteiger partial charge in [-0.25, -0.2) is 4.98 Å². The summed E-state index contributed by atoms with van der Waals surface area (Å²) in [6.45, 7) is 5.34. The van der Waals surface area contributed by atoms with Gasteiger partial charge in [-0.2, -0.15) is 0 Å². The molecule has 0 amide bonds. The molecule has 1 fully saturated rings. The summed E-state index contributed by atoms with van der Waals surface area (Å²) in [6.07, 6.45) is 3.66. The molecule has 0 saturated carbocycles. The van der Waals surface area contributed by atoms with Crippen LogP contribution in [0.4, 0.5) is 5.13 Å². The normalized spacial score (nSPS) is 17.2. The Morgan fingerprint density at radius 2 is 2.35 bits per heavy atom. The van der Waals surface area contributed by atoms with Crippen LogP contribution in [0.3, 0.4) is 0 Å². The Hall–Kier alpha value is -0.790. The fraction of sp³-hybridized carbons (Fsp3) is 0.692. The Morgan fingerprint density at radius 1 is 1.60 bits per heavy atom. The number of carbonyl (C=O) groups excluding carboxylic acids is 1. The predicted molar refractivity (Wildman–Crippen MR) is 83.0 cm³/mol. The number of nitrogens with two attached hydrogens (primary N) is 1. The number of likely N-dealkylation sites (tertiary alicyclic amines) is 1. The summed E-state index contributed by atoms with van der Waals surface area (Å²) in [5.74, 6) is 1.10. The molecule has 2 heterocycles. The molecule has 5 nitrogen and oxygen atoms in total. The van der Waals surface area contributed by atoms with Gasteiger partial charge in [0.05, 0.1) is 22.9 Å². The van der Waals surface area contributed by atoms with Gasteiger partial charge in [-0.05, 0) is 32.9 Å². The summed E-state index contributed by atoms with van der Waals surface area (Å²) in [6, 6.07) is 0. The van der Waals surface area contributed by atoms with Crippen LogP contribution < -0.4 is 5.73 Å². The third-order valence-corrected chi connectivity index (χ3v) is 5.36. The van der Waals surface area contributed by atoms with Crippen molar-refractivity contribution < 1.29 is 9.53 Å². The topological polar surface area (TPSA) is 68.5 Å². The first kappa shape index (κ1) is 15.6. The maximum absolute atomic E-state index is 11.6. The number of rotatable bonds is 6. The Bertz CT molecular complexity index is 431. The molecule has 1 aliphatic rings. The summed E-state index contributed by atoms with van der Waals surface area (Å²) in [5, 5.41) is 0.628. The molecule has 20 heavy (non-hydrogen) atoms. The van der Waals surface area contributed by atoms with Gasteiger partial charge in [-0.1, -0.05) is 11.3 Å². The highest BCUT2D eigenvalue weighted by molar-refractivity contribution is 8.01. The van der Waals surface area contributed by atoms with Crippen LogP contribution in [-0.2, 0) is 9.53 Å². The number of aromatic nitrogens is 1. The van der Waals surface area contributed by atoms with E-state index in [-0.39, 0.29) is 11.9 Å². The summed E-state index contributed by atoms with van der Waals surface area (Å²) < 4.78 is 6.25. The van der Waals surface area contributed by atoms with E-state index in [0.29, 0.717) is 11.7 Å². The van der Waals surface area contributed by atoms with Gasteiger partial charge in [0, 0.05) is 12.3 Å². The van der Waals surface area contributed by atoms with E-state index in [1.807, 2.05) is 13.1 Å². The second kappa shape index (κ2) is 7.85. The maximum Gasteiger partial charge on any atom is 0.309 e. The molecule has 0 spiro atoms. The summed E-state index contributed by atoms with van der Waals surface area (Å²) in [7, 11) is 0. The molecule has 0 aromatic carbocycles. The van der Waals surface area contributed by atoms with Gasteiger partial charge in [0.2, 0.25) is 0 Å². The number of piperidine rings is 1. The van der Waals surface area contributed by atoms with E-state index in [0.717, 1.165) is 38.2 Å². The highest BCUT2D eigenvalue weighted by Gasteiger charge is 2.25. The summed E-state index contributed by atoms with van der Waals surface area (Å²) >= 11 is 3.33. The number of hydrogen-bond acceptors (Lipinski definition) is 7. The van der Waals surface area contributed by atoms with E-state index in [2.05, 4.69) is 9.88 Å². The average Bonchev–Trinajstić information content (AvgIpc) is 2.85. The number of hydrogen-bond donors (Lipinski definition) is 1. The lowest BCUT2D eigenvalue weighted by Gasteiger charge is -2.30. The minimum atomic E-state index is -0.0262. The molecule has 0 aliphatic carbocycles. The van der Waals surface area contributed by atoms with Gasteiger partial charge in [-0.3, -0.25) is 4.79 Å². The maximum atomic E-state index is 11.6. The fourth-order valence-corrected chi connectivity index (χ4v) is 4.10. The average molecular weight is 315 g/mol. The number of thiazole rings is 1. The van der Waals surface area contributed by atoms with Crippen molar-refractivity contribution in [3.05, 3.63) is 6.20 Å². The quantitative estimate of drug-likeness (QED) is 0.640. The van der Waals surface area contributed by atoms with E-state index >= 15 is 0 Å². The Balaban J connectivity index is 1.63. The molecule has 0 atom stereocenters. The van der Waals surface area contributed by atoms with Crippen molar-refractivity contribution in [3.63, 3.8) is 0 Å². The van der Waals surface area contributed by atoms with Crippen LogP contribution in [0.5, 0.6) is 0 Å². The molecule has 1 saturated heterocycles. The van der Waals surface area contributed by atoms with Gasteiger partial charge < -0.3 is 15.4 Å². The van der Waals surface area contributed by atoms with Gasteiger partial charge >= 0.3 is 5.97 Å². The summed E-state index contributed by atoms with van der Waals surface area (Å²) in [4.78, 5) is 18.1. The fourth-order valence-electron chi connectivity index (χ4n) is 2.27. The van der Waals surface area contributed by atoms with E-state index < -0.39 is 0 Å². The van der Waals surface area contributed by atoms with E-state index in [1.54, 1.807) is 11.8 Å². The van der Waals surface area contributed by atoms with Crippen LogP contribution in [0.1, 0.15) is 19.8 Å². The molecule has 1 aliphatic heterocycles. The molecule has 0 unspecified atom stereocenters. The van der Waals surface area contributed by atoms with Crippen molar-refractivity contribution in [1.82, 2.24) is 9.88 Å². The second-order valence-electron chi connectivity index (χ2n) is 4.73. The summed E-state index contributed by atoms with van der Waals surface area (Å²) in [5.41, 5.74) is 5.60. The number of esters is 1. The first-order valence-corrected chi connectivity index (χ1v) is 8.72. The molecule has 7 heteroatoms. The van der Waals surface area contributed by atoms with Crippen molar-refractivity contribution in [2.45, 2.75) is 24.0 Å². The molecular formula is C13H21N3O2S2. The number of nitrogens with zero attached hydrogens (tertiary/aromatic N) is 2. The second-order valence-corrected chi connectivity index (χ2v) is 7.19. The zero-order chi connectivity index (χ0) is 14.4. The predicted octanol–water partition coefficient (Wildman–Crippen LogP) is 2.09. The van der Waals surface area contributed by atoms with Crippen molar-refractivity contribution in [2.75, 3.05) is 37.7 Å². The number of carbonyl (C=O) groups is 1. The SMILES string of the molecule is CCOC(=O)C1CCN(CCSc2cnc(N)s2)CC1. The van der Waals surface area contributed by atoms with Crippen LogP contribution in [0.25, 0.3) is 0 Å². The first-order valence-electron chi connectivity index (χ1n) is 6.92. The molecular weight excluding hydrogens is 294 g/mol. The highest BCUT2D eigenvalue weighted by atomic mass is 32.2. The molecule has 112 valence electrons. The number of ether oxygens (including phenoxy) is 1. The third-order valence-electron chi connectivity index (χ3n) is 3.36. The number of nitrogen functional groups attached to an aromatic ring is 1. The van der Waals surface area contributed by atoms with E-state index in [4.69, 9.17) is 10.5 Å². The standard InChI is InChI=1S/C13H21N3O2S2/c1-2-18-12(17)10-3-5-16(6-4-10)7-8-19-11-9-15-13(14)20-11/h9-10H,2-8H2,1H3,(H2,14,15). The molecule has 2 rings (SSSR count). The lowest BCUT2D eigenvalue weighted by atomic mass is 9.97. The Kier molecular flexibility index (Phi) is 6.12. The Labute approximate surface area is 127 Å². The van der Waals surface area contributed by atoms with Gasteiger partial charge in [0.25, 0.3) is 0 Å². The van der Waals surface area contributed by atoms with Crippen molar-refractivity contribution >= 4 is 34.2 Å². The zero-order valence-corrected chi connectivity index (χ0v) is 13.3. The van der Waals surface area contributed by atoms with Gasteiger partial charge in [-0.15, -0.1) is 11.8 Å². The number of anilines is 1. The lowest BCUT2D eigenvalue weighted by Crippen LogP contribution is -2.38. The largest absolute Gasteiger partial charge is 0.466 e. The smallest absolute Gasteiger partial charge is 0.309 e. The minimum Gasteiger partial charge on any atom is -0.466 e. The highest BCUT2D eigenvalue weighted by Crippen LogP contribution is 2.26. The molecule has 1 aromatic rings. The van der Waals surface area contributed by atoms with Crippen LogP contribution in [0, 0.1) is 5.92 Å².